The van der Waals surface area contributed by atoms with Gasteiger partial charge in [-0.3, -0.25) is 10.1 Å². The maximum atomic E-state index is 12.0. The van der Waals surface area contributed by atoms with Crippen LogP contribution >= 0.6 is 11.6 Å². The molecule has 0 saturated carbocycles. The summed E-state index contributed by atoms with van der Waals surface area (Å²) in [4.78, 5) is 22.2. The third-order valence-electron chi connectivity index (χ3n) is 2.94. The molecule has 2 amide bonds. The molecule has 1 aromatic carbocycles. The molecule has 0 bridgehead atoms. The van der Waals surface area contributed by atoms with E-state index in [4.69, 9.17) is 21.4 Å². The van der Waals surface area contributed by atoms with Crippen molar-refractivity contribution in [1.29, 1.82) is 0 Å². The number of nitrogens with zero attached hydrogens (tertiary/aromatic N) is 1. The Kier molecular flexibility index (Phi) is 6.54. The van der Waals surface area contributed by atoms with E-state index in [1.54, 1.807) is 6.92 Å². The summed E-state index contributed by atoms with van der Waals surface area (Å²) in [5.74, 6) is 0. The summed E-state index contributed by atoms with van der Waals surface area (Å²) in [5, 5.41) is 25.0. The summed E-state index contributed by atoms with van der Waals surface area (Å²) in [7, 11) is 1.48. The van der Waals surface area contributed by atoms with Gasteiger partial charge >= 0.3 is 6.03 Å². The van der Waals surface area contributed by atoms with Crippen LogP contribution in [-0.4, -0.2) is 41.9 Å². The molecular formula is C13H18ClN3O5. The fourth-order valence-corrected chi connectivity index (χ4v) is 2.09. The second-order valence-electron chi connectivity index (χ2n) is 4.97. The zero-order valence-corrected chi connectivity index (χ0v) is 13.0. The molecule has 1 aromatic rings. The average Bonchev–Trinajstić information content (AvgIpc) is 2.40. The first kappa shape index (κ1) is 18.1. The van der Waals surface area contributed by atoms with Crippen molar-refractivity contribution in [1.82, 2.24) is 5.32 Å². The van der Waals surface area contributed by atoms with Crippen LogP contribution in [-0.2, 0) is 4.74 Å². The number of rotatable bonds is 7. The Hall–Kier alpha value is -1.90. The van der Waals surface area contributed by atoms with E-state index in [0.717, 1.165) is 0 Å². The average molecular weight is 332 g/mol. The van der Waals surface area contributed by atoms with E-state index < -0.39 is 16.5 Å². The molecule has 0 spiro atoms. The maximum Gasteiger partial charge on any atom is 0.319 e. The number of halogens is 1. The molecule has 0 saturated heterocycles. The molecule has 0 aliphatic carbocycles. The van der Waals surface area contributed by atoms with Crippen molar-refractivity contribution < 1.29 is 19.6 Å². The number of methoxy groups -OCH3 is 1. The molecular weight excluding hydrogens is 314 g/mol. The first-order valence-electron chi connectivity index (χ1n) is 6.44. The lowest BCUT2D eigenvalue weighted by Crippen LogP contribution is -2.51. The Morgan fingerprint density at radius 1 is 1.55 bits per heavy atom. The van der Waals surface area contributed by atoms with Crippen LogP contribution in [0, 0.1) is 10.1 Å². The number of benzene rings is 1. The van der Waals surface area contributed by atoms with Gasteiger partial charge in [0.25, 0.3) is 5.69 Å². The molecule has 0 heterocycles. The maximum absolute atomic E-state index is 12.0. The molecule has 8 nitrogen and oxygen atoms in total. The fourth-order valence-electron chi connectivity index (χ4n) is 1.90. The van der Waals surface area contributed by atoms with Crippen LogP contribution in [0.3, 0.4) is 0 Å². The predicted molar refractivity (Wildman–Crippen MR) is 82.2 cm³/mol. The number of amides is 2. The number of urea groups is 1. The smallest absolute Gasteiger partial charge is 0.319 e. The standard InChI is InChI=1S/C13H18ClN3O5/c1-13(5-6-18,8-22-2)16-12(19)15-9-3-4-10(14)11(7-9)17(20)21/h3-4,7,18H,5-6,8H2,1-2H3,(H2,15,16,19)/t13-/m0/s1. The summed E-state index contributed by atoms with van der Waals surface area (Å²) in [5.41, 5.74) is -0.821. The third kappa shape index (κ3) is 5.14. The number of hydrogen-bond acceptors (Lipinski definition) is 5. The Morgan fingerprint density at radius 2 is 2.23 bits per heavy atom. The van der Waals surface area contributed by atoms with Gasteiger partial charge in [-0.2, -0.15) is 0 Å². The Bertz CT molecular complexity index is 546. The highest BCUT2D eigenvalue weighted by Crippen LogP contribution is 2.27. The highest BCUT2D eigenvalue weighted by atomic mass is 35.5. The molecule has 3 N–H and O–H groups in total. The van der Waals surface area contributed by atoms with Gasteiger partial charge in [-0.05, 0) is 25.5 Å². The van der Waals surface area contributed by atoms with Gasteiger partial charge in [0.15, 0.2) is 0 Å². The monoisotopic (exact) mass is 331 g/mol. The van der Waals surface area contributed by atoms with Crippen LogP contribution in [0.15, 0.2) is 18.2 Å². The van der Waals surface area contributed by atoms with Gasteiger partial charge in [-0.1, -0.05) is 11.6 Å². The van der Waals surface area contributed by atoms with Crippen molar-refractivity contribution in [2.24, 2.45) is 0 Å². The highest BCUT2D eigenvalue weighted by molar-refractivity contribution is 6.32. The van der Waals surface area contributed by atoms with E-state index in [-0.39, 0.29) is 29.6 Å². The molecule has 0 aliphatic rings. The van der Waals surface area contributed by atoms with Crippen LogP contribution < -0.4 is 10.6 Å². The lowest BCUT2D eigenvalue weighted by molar-refractivity contribution is -0.384. The molecule has 22 heavy (non-hydrogen) atoms. The fraction of sp³-hybridized carbons (Fsp3) is 0.462. The SMILES string of the molecule is COC[C@](C)(CCO)NC(=O)Nc1ccc(Cl)c([N+](=O)[O-])c1. The van der Waals surface area contributed by atoms with Crippen molar-refractivity contribution in [3.8, 4) is 0 Å². The first-order valence-corrected chi connectivity index (χ1v) is 6.82. The molecule has 0 fully saturated rings. The number of nitrogens with one attached hydrogen (secondary N) is 2. The van der Waals surface area contributed by atoms with Gasteiger partial charge < -0.3 is 20.5 Å². The minimum Gasteiger partial charge on any atom is -0.396 e. The molecule has 0 aliphatic heterocycles. The van der Waals surface area contributed by atoms with Crippen LogP contribution in [0.4, 0.5) is 16.2 Å². The molecule has 0 unspecified atom stereocenters. The van der Waals surface area contributed by atoms with Gasteiger partial charge in [0.05, 0.1) is 17.1 Å². The van der Waals surface area contributed by atoms with Gasteiger partial charge in [0.2, 0.25) is 0 Å². The van der Waals surface area contributed by atoms with Crippen LogP contribution in [0.25, 0.3) is 0 Å². The summed E-state index contributed by atoms with van der Waals surface area (Å²) in [6.45, 7) is 1.81. The minimum atomic E-state index is -0.758. The minimum absolute atomic E-state index is 0.0135. The van der Waals surface area contributed by atoms with E-state index in [0.29, 0.717) is 6.42 Å². The lowest BCUT2D eigenvalue weighted by atomic mass is 10.00. The summed E-state index contributed by atoms with van der Waals surface area (Å²) >= 11 is 5.70. The predicted octanol–water partition coefficient (Wildman–Crippen LogP) is 2.16. The second-order valence-corrected chi connectivity index (χ2v) is 5.38. The van der Waals surface area contributed by atoms with Crippen LogP contribution in [0.2, 0.25) is 5.02 Å². The van der Waals surface area contributed by atoms with Crippen molar-refractivity contribution in [3.63, 3.8) is 0 Å². The van der Waals surface area contributed by atoms with Gasteiger partial charge in [-0.25, -0.2) is 4.79 Å². The molecule has 9 heteroatoms. The molecule has 0 radical (unpaired) electrons. The Labute approximate surface area is 132 Å². The van der Waals surface area contributed by atoms with E-state index in [9.17, 15) is 14.9 Å². The van der Waals surface area contributed by atoms with E-state index in [1.807, 2.05) is 0 Å². The zero-order chi connectivity index (χ0) is 16.8. The van der Waals surface area contributed by atoms with Crippen molar-refractivity contribution >= 4 is 29.0 Å². The number of carbonyl (C=O) groups is 1. The van der Waals surface area contributed by atoms with E-state index >= 15 is 0 Å². The number of ether oxygens (including phenoxy) is 1. The quantitative estimate of drug-likeness (QED) is 0.523. The van der Waals surface area contributed by atoms with E-state index in [2.05, 4.69) is 10.6 Å². The second kappa shape index (κ2) is 7.92. The lowest BCUT2D eigenvalue weighted by Gasteiger charge is -2.29. The summed E-state index contributed by atoms with van der Waals surface area (Å²) < 4.78 is 5.02. The molecule has 122 valence electrons. The van der Waals surface area contributed by atoms with Crippen LogP contribution in [0.5, 0.6) is 0 Å². The summed E-state index contributed by atoms with van der Waals surface area (Å²) in [6, 6.07) is 3.39. The zero-order valence-electron chi connectivity index (χ0n) is 12.3. The normalized spacial score (nSPS) is 13.3. The molecule has 0 aromatic heterocycles. The number of hydrogen-bond donors (Lipinski definition) is 3. The van der Waals surface area contributed by atoms with E-state index in [1.165, 1.54) is 25.3 Å². The van der Waals surface area contributed by atoms with Crippen LogP contribution in [0.1, 0.15) is 13.3 Å². The van der Waals surface area contributed by atoms with Crippen molar-refractivity contribution in [2.75, 3.05) is 25.6 Å². The van der Waals surface area contributed by atoms with Gasteiger partial charge in [-0.15, -0.1) is 0 Å². The Morgan fingerprint density at radius 3 is 2.77 bits per heavy atom. The molecule has 1 atom stereocenters. The Balaban J connectivity index is 2.80. The number of aliphatic hydroxyl groups is 1. The summed E-state index contributed by atoms with van der Waals surface area (Å²) in [6.07, 6.45) is 0.301. The van der Waals surface area contributed by atoms with Gasteiger partial charge in [0.1, 0.15) is 5.02 Å². The number of nitro benzene ring substituents is 1. The highest BCUT2D eigenvalue weighted by Gasteiger charge is 2.26. The number of anilines is 1. The van der Waals surface area contributed by atoms with Gasteiger partial charge in [0, 0.05) is 25.5 Å². The van der Waals surface area contributed by atoms with Crippen molar-refractivity contribution in [2.45, 2.75) is 18.9 Å². The topological polar surface area (TPSA) is 114 Å². The molecule has 1 rings (SSSR count). The number of nitro groups is 1. The largest absolute Gasteiger partial charge is 0.396 e. The first-order chi connectivity index (χ1) is 10.3. The third-order valence-corrected chi connectivity index (χ3v) is 3.26. The van der Waals surface area contributed by atoms with Crippen molar-refractivity contribution in [3.05, 3.63) is 33.3 Å². The number of aliphatic hydroxyl groups excluding tert-OH is 1. The number of carbonyl (C=O) groups excluding carboxylic acids is 1.